The molecule has 0 unspecified atom stereocenters. The van der Waals surface area contributed by atoms with Gasteiger partial charge in [0, 0.05) is 16.9 Å². The summed E-state index contributed by atoms with van der Waals surface area (Å²) in [4.78, 5) is 0. The molecule has 5 rings (SSSR count). The molecule has 0 radical (unpaired) electrons. The molecule has 0 amide bonds. The first-order chi connectivity index (χ1) is 16.7. The van der Waals surface area contributed by atoms with E-state index in [1.54, 1.807) is 0 Å². The van der Waals surface area contributed by atoms with Crippen LogP contribution in [0.4, 0.5) is 11.4 Å². The SMILES string of the molecule is C=Cc1cc(-c2ccc(N)cc2)c(-c2ccc(-c3ccccc3)cc2)c(-c2ccccc2)c1N. The number of hydrogen-bond acceptors (Lipinski definition) is 2. The highest BCUT2D eigenvalue weighted by atomic mass is 14.6. The van der Waals surface area contributed by atoms with Gasteiger partial charge in [0.15, 0.2) is 0 Å². The monoisotopic (exact) mass is 438 g/mol. The molecule has 5 aromatic rings. The molecular formula is C32H26N2. The molecule has 0 bridgehead atoms. The van der Waals surface area contributed by atoms with Gasteiger partial charge in [0.05, 0.1) is 0 Å². The molecule has 0 aliphatic carbocycles. The molecule has 0 spiro atoms. The second-order valence-corrected chi connectivity index (χ2v) is 8.31. The van der Waals surface area contributed by atoms with E-state index >= 15 is 0 Å². The fraction of sp³-hybridized carbons (Fsp3) is 0. The Kier molecular flexibility index (Phi) is 5.72. The molecule has 0 heterocycles. The average molecular weight is 439 g/mol. The Bertz CT molecular complexity index is 1430. The molecule has 5 aromatic carbocycles. The van der Waals surface area contributed by atoms with Crippen LogP contribution in [-0.4, -0.2) is 0 Å². The maximum absolute atomic E-state index is 6.76. The highest BCUT2D eigenvalue weighted by molar-refractivity contribution is 6.02. The van der Waals surface area contributed by atoms with Crippen molar-refractivity contribution in [2.45, 2.75) is 0 Å². The molecule has 0 aliphatic heterocycles. The summed E-state index contributed by atoms with van der Waals surface area (Å²) in [6.45, 7) is 4.02. The first kappa shape index (κ1) is 21.3. The van der Waals surface area contributed by atoms with Gasteiger partial charge < -0.3 is 11.5 Å². The van der Waals surface area contributed by atoms with Crippen molar-refractivity contribution in [1.82, 2.24) is 0 Å². The molecule has 0 saturated heterocycles. The predicted octanol–water partition coefficient (Wildman–Crippen LogP) is 8.16. The highest BCUT2D eigenvalue weighted by Gasteiger charge is 2.19. The fourth-order valence-corrected chi connectivity index (χ4v) is 4.44. The van der Waals surface area contributed by atoms with Crippen LogP contribution in [0.3, 0.4) is 0 Å². The van der Waals surface area contributed by atoms with Gasteiger partial charge in [-0.3, -0.25) is 0 Å². The zero-order valence-corrected chi connectivity index (χ0v) is 18.9. The Morgan fingerprint density at radius 1 is 0.500 bits per heavy atom. The van der Waals surface area contributed by atoms with Crippen LogP contribution in [0.2, 0.25) is 0 Å². The number of benzene rings is 5. The van der Waals surface area contributed by atoms with Gasteiger partial charge in [-0.25, -0.2) is 0 Å². The Morgan fingerprint density at radius 3 is 1.56 bits per heavy atom. The molecular weight excluding hydrogens is 412 g/mol. The molecule has 4 N–H and O–H groups in total. The highest BCUT2D eigenvalue weighted by Crippen LogP contribution is 2.45. The largest absolute Gasteiger partial charge is 0.399 e. The van der Waals surface area contributed by atoms with Crippen LogP contribution in [0, 0.1) is 0 Å². The summed E-state index contributed by atoms with van der Waals surface area (Å²) in [5.74, 6) is 0. The minimum atomic E-state index is 0.725. The van der Waals surface area contributed by atoms with Gasteiger partial charge in [0.1, 0.15) is 0 Å². The zero-order valence-electron chi connectivity index (χ0n) is 18.9. The summed E-state index contributed by atoms with van der Waals surface area (Å²) >= 11 is 0. The van der Waals surface area contributed by atoms with Gasteiger partial charge in [-0.1, -0.05) is 110 Å². The number of anilines is 2. The van der Waals surface area contributed by atoms with Crippen LogP contribution >= 0.6 is 0 Å². The molecule has 0 aliphatic rings. The van der Waals surface area contributed by atoms with E-state index < -0.39 is 0 Å². The van der Waals surface area contributed by atoms with Gasteiger partial charge in [0.25, 0.3) is 0 Å². The summed E-state index contributed by atoms with van der Waals surface area (Å²) in [6.07, 6.45) is 1.82. The lowest BCUT2D eigenvalue weighted by atomic mass is 9.84. The lowest BCUT2D eigenvalue weighted by Gasteiger charge is -2.21. The summed E-state index contributed by atoms with van der Waals surface area (Å²) < 4.78 is 0. The Labute approximate surface area is 200 Å². The van der Waals surface area contributed by atoms with Crippen molar-refractivity contribution >= 4 is 17.5 Å². The number of rotatable bonds is 5. The zero-order chi connectivity index (χ0) is 23.5. The quantitative estimate of drug-likeness (QED) is 0.272. The normalized spacial score (nSPS) is 10.7. The van der Waals surface area contributed by atoms with Crippen molar-refractivity contribution in [3.63, 3.8) is 0 Å². The van der Waals surface area contributed by atoms with Gasteiger partial charge in [-0.15, -0.1) is 0 Å². The van der Waals surface area contributed by atoms with Crippen molar-refractivity contribution in [3.05, 3.63) is 127 Å². The first-order valence-electron chi connectivity index (χ1n) is 11.3. The molecule has 2 heteroatoms. The average Bonchev–Trinajstić information content (AvgIpc) is 2.90. The summed E-state index contributed by atoms with van der Waals surface area (Å²) in [7, 11) is 0. The van der Waals surface area contributed by atoms with Crippen molar-refractivity contribution in [2.24, 2.45) is 0 Å². The molecule has 164 valence electrons. The first-order valence-corrected chi connectivity index (χ1v) is 11.3. The molecule has 2 nitrogen and oxygen atoms in total. The molecule has 0 saturated carbocycles. The van der Waals surface area contributed by atoms with E-state index in [-0.39, 0.29) is 0 Å². The van der Waals surface area contributed by atoms with Gasteiger partial charge in [-0.2, -0.15) is 0 Å². The van der Waals surface area contributed by atoms with E-state index in [2.05, 4.69) is 85.4 Å². The third-order valence-electron chi connectivity index (χ3n) is 6.18. The van der Waals surface area contributed by atoms with Crippen molar-refractivity contribution in [3.8, 4) is 44.5 Å². The smallest absolute Gasteiger partial charge is 0.0473 e. The van der Waals surface area contributed by atoms with Crippen LogP contribution < -0.4 is 11.5 Å². The van der Waals surface area contributed by atoms with E-state index in [4.69, 9.17) is 11.5 Å². The van der Waals surface area contributed by atoms with Crippen LogP contribution in [0.25, 0.3) is 50.6 Å². The number of nitrogen functional groups attached to an aromatic ring is 2. The second kappa shape index (κ2) is 9.13. The molecule has 0 atom stereocenters. The van der Waals surface area contributed by atoms with E-state index in [1.165, 1.54) is 11.1 Å². The number of hydrogen-bond donors (Lipinski definition) is 2. The molecule has 0 fully saturated rings. The Hall–Kier alpha value is -4.56. The van der Waals surface area contributed by atoms with Gasteiger partial charge >= 0.3 is 0 Å². The standard InChI is InChI=1S/C32H26N2/c1-2-22-21-29(25-17-19-28(33)20-18-25)30(31(32(22)34)26-11-7-4-8-12-26)27-15-13-24(14-16-27)23-9-5-3-6-10-23/h2-21H,1,33-34H2. The summed E-state index contributed by atoms with van der Waals surface area (Å²) in [5.41, 5.74) is 24.0. The second-order valence-electron chi connectivity index (χ2n) is 8.31. The maximum atomic E-state index is 6.76. The number of nitrogens with two attached hydrogens (primary N) is 2. The van der Waals surface area contributed by atoms with Crippen LogP contribution in [0.15, 0.2) is 122 Å². The minimum absolute atomic E-state index is 0.725. The van der Waals surface area contributed by atoms with Crippen molar-refractivity contribution < 1.29 is 0 Å². The molecule has 0 aromatic heterocycles. The van der Waals surface area contributed by atoms with Gasteiger partial charge in [-0.05, 0) is 62.7 Å². The summed E-state index contributed by atoms with van der Waals surface area (Å²) in [5, 5.41) is 0. The lowest BCUT2D eigenvalue weighted by Crippen LogP contribution is -2.00. The third kappa shape index (κ3) is 3.98. The maximum Gasteiger partial charge on any atom is 0.0473 e. The van der Waals surface area contributed by atoms with E-state index in [0.29, 0.717) is 0 Å². The van der Waals surface area contributed by atoms with Crippen molar-refractivity contribution in [1.29, 1.82) is 0 Å². The Balaban J connectivity index is 1.79. The van der Waals surface area contributed by atoms with Crippen LogP contribution in [-0.2, 0) is 0 Å². The van der Waals surface area contributed by atoms with Gasteiger partial charge in [0.2, 0.25) is 0 Å². The van der Waals surface area contributed by atoms with Crippen LogP contribution in [0.1, 0.15) is 5.56 Å². The summed E-state index contributed by atoms with van der Waals surface area (Å²) in [6, 6.07) is 39.5. The van der Waals surface area contributed by atoms with E-state index in [9.17, 15) is 0 Å². The minimum Gasteiger partial charge on any atom is -0.399 e. The topological polar surface area (TPSA) is 52.0 Å². The van der Waals surface area contributed by atoms with Crippen LogP contribution in [0.5, 0.6) is 0 Å². The lowest BCUT2D eigenvalue weighted by molar-refractivity contribution is 1.53. The van der Waals surface area contributed by atoms with E-state index in [1.807, 2.05) is 42.5 Å². The van der Waals surface area contributed by atoms with Crippen molar-refractivity contribution in [2.75, 3.05) is 11.5 Å². The third-order valence-corrected chi connectivity index (χ3v) is 6.18. The fourth-order valence-electron chi connectivity index (χ4n) is 4.44. The van der Waals surface area contributed by atoms with E-state index in [0.717, 1.165) is 50.3 Å². The predicted molar refractivity (Wildman–Crippen MR) is 147 cm³/mol. The molecule has 34 heavy (non-hydrogen) atoms. The Morgan fingerprint density at radius 2 is 0.971 bits per heavy atom.